The molecule has 0 amide bonds. The number of carbonyl (C=O) groups excluding carboxylic acids is 3. The van der Waals surface area contributed by atoms with E-state index in [0.29, 0.717) is 36.5 Å². The predicted molar refractivity (Wildman–Crippen MR) is 120 cm³/mol. The molecule has 6 atom stereocenters. The topological polar surface area (TPSA) is 60.4 Å². The van der Waals surface area contributed by atoms with E-state index in [2.05, 4.69) is 20.4 Å². The van der Waals surface area contributed by atoms with Gasteiger partial charge < -0.3 is 4.74 Å². The van der Waals surface area contributed by atoms with E-state index in [9.17, 15) is 14.4 Å². The van der Waals surface area contributed by atoms with Gasteiger partial charge in [0.25, 0.3) is 0 Å². The number of carbonyl (C=O) groups is 3. The summed E-state index contributed by atoms with van der Waals surface area (Å²) in [5.41, 5.74) is 0.601. The van der Waals surface area contributed by atoms with Gasteiger partial charge in [-0.1, -0.05) is 38.8 Å². The fourth-order valence-electron chi connectivity index (χ4n) is 7.78. The maximum atomic E-state index is 13.1. The van der Waals surface area contributed by atoms with Crippen molar-refractivity contribution in [1.29, 1.82) is 0 Å². The van der Waals surface area contributed by atoms with E-state index in [0.717, 1.165) is 63.4 Å². The molecule has 0 bridgehead atoms. The Hall–Kier alpha value is -1.71. The number of allylic oxidation sites excluding steroid dienone is 1. The Morgan fingerprint density at radius 2 is 1.94 bits per heavy atom. The number of fused-ring (bicyclic) bond motifs is 5. The molecular formula is C27H38O4. The lowest BCUT2D eigenvalue weighted by Crippen LogP contribution is -2.58. The molecule has 4 aliphatic carbocycles. The first kappa shape index (κ1) is 22.5. The SMILES string of the molecule is C=C1C[C@H]2[C@@H]3CCC4=CC(=O)CC[C@@H]4[C@H]3CC[C@]2(C)[C@]1(OC(=O)CCCCC)C(C)=O. The van der Waals surface area contributed by atoms with Gasteiger partial charge in [0.2, 0.25) is 0 Å². The molecule has 0 unspecified atom stereocenters. The zero-order chi connectivity index (χ0) is 22.4. The molecule has 3 saturated carbocycles. The zero-order valence-electron chi connectivity index (χ0n) is 19.5. The van der Waals surface area contributed by atoms with E-state index in [4.69, 9.17) is 4.74 Å². The highest BCUT2D eigenvalue weighted by molar-refractivity contribution is 5.93. The minimum absolute atomic E-state index is 0.0653. The van der Waals surface area contributed by atoms with Crippen LogP contribution in [0.25, 0.3) is 0 Å². The third-order valence-corrected chi connectivity index (χ3v) is 9.21. The molecule has 0 heterocycles. The second-order valence-electron chi connectivity index (χ2n) is 10.7. The van der Waals surface area contributed by atoms with Gasteiger partial charge in [-0.15, -0.1) is 0 Å². The highest BCUT2D eigenvalue weighted by atomic mass is 16.6. The number of rotatable bonds is 6. The van der Waals surface area contributed by atoms with Crippen LogP contribution in [0.15, 0.2) is 23.8 Å². The minimum atomic E-state index is -1.18. The molecular weight excluding hydrogens is 388 g/mol. The molecule has 0 aromatic heterocycles. The first-order valence-electron chi connectivity index (χ1n) is 12.4. The molecule has 3 fully saturated rings. The van der Waals surface area contributed by atoms with E-state index < -0.39 is 5.60 Å². The van der Waals surface area contributed by atoms with E-state index in [1.165, 1.54) is 5.57 Å². The number of esters is 1. The van der Waals surface area contributed by atoms with Crippen molar-refractivity contribution in [2.24, 2.45) is 29.1 Å². The van der Waals surface area contributed by atoms with Crippen molar-refractivity contribution in [2.75, 3.05) is 0 Å². The molecule has 4 nitrogen and oxygen atoms in total. The molecule has 0 N–H and O–H groups in total. The Morgan fingerprint density at radius 1 is 1.16 bits per heavy atom. The third kappa shape index (κ3) is 3.45. The Balaban J connectivity index is 1.61. The molecule has 0 saturated heterocycles. The number of ketones is 2. The van der Waals surface area contributed by atoms with Crippen LogP contribution < -0.4 is 0 Å². The van der Waals surface area contributed by atoms with E-state index in [1.54, 1.807) is 6.92 Å². The summed E-state index contributed by atoms with van der Waals surface area (Å²) in [6.07, 6.45) is 11.5. The van der Waals surface area contributed by atoms with E-state index >= 15 is 0 Å². The first-order valence-corrected chi connectivity index (χ1v) is 12.4. The summed E-state index contributed by atoms with van der Waals surface area (Å²) in [6.45, 7) is 10.2. The molecule has 0 spiro atoms. The van der Waals surface area contributed by atoms with Crippen LogP contribution in [0.4, 0.5) is 0 Å². The molecule has 4 aliphatic rings. The minimum Gasteiger partial charge on any atom is -0.446 e. The maximum Gasteiger partial charge on any atom is 0.307 e. The second kappa shape index (κ2) is 8.33. The van der Waals surface area contributed by atoms with Gasteiger partial charge in [-0.05, 0) is 87.2 Å². The largest absolute Gasteiger partial charge is 0.446 e. The lowest BCUT2D eigenvalue weighted by Gasteiger charge is -2.55. The lowest BCUT2D eigenvalue weighted by atomic mass is 9.50. The van der Waals surface area contributed by atoms with Crippen LogP contribution in [0, 0.1) is 29.1 Å². The van der Waals surface area contributed by atoms with Crippen LogP contribution in [-0.4, -0.2) is 23.1 Å². The van der Waals surface area contributed by atoms with Crippen molar-refractivity contribution in [2.45, 2.75) is 97.0 Å². The van der Waals surface area contributed by atoms with Crippen molar-refractivity contribution < 1.29 is 19.1 Å². The van der Waals surface area contributed by atoms with Gasteiger partial charge in [0.05, 0.1) is 0 Å². The van der Waals surface area contributed by atoms with Crippen molar-refractivity contribution >= 4 is 17.5 Å². The summed E-state index contributed by atoms with van der Waals surface area (Å²) < 4.78 is 6.15. The Labute approximate surface area is 186 Å². The summed E-state index contributed by atoms with van der Waals surface area (Å²) >= 11 is 0. The average molecular weight is 427 g/mol. The van der Waals surface area contributed by atoms with Crippen molar-refractivity contribution in [1.82, 2.24) is 0 Å². The molecule has 0 aromatic rings. The van der Waals surface area contributed by atoms with Crippen molar-refractivity contribution in [3.63, 3.8) is 0 Å². The number of ether oxygens (including phenoxy) is 1. The average Bonchev–Trinajstić information content (AvgIpc) is 2.95. The zero-order valence-corrected chi connectivity index (χ0v) is 19.5. The van der Waals surface area contributed by atoms with Crippen LogP contribution in [0.3, 0.4) is 0 Å². The van der Waals surface area contributed by atoms with Gasteiger partial charge in [0.15, 0.2) is 17.2 Å². The summed E-state index contributed by atoms with van der Waals surface area (Å²) in [4.78, 5) is 37.9. The van der Waals surface area contributed by atoms with Crippen molar-refractivity contribution in [3.8, 4) is 0 Å². The highest BCUT2D eigenvalue weighted by Gasteiger charge is 2.68. The van der Waals surface area contributed by atoms with Crippen LogP contribution >= 0.6 is 0 Å². The Bertz CT molecular complexity index is 823. The highest BCUT2D eigenvalue weighted by Crippen LogP contribution is 2.67. The van der Waals surface area contributed by atoms with E-state index in [1.807, 2.05) is 6.08 Å². The third-order valence-electron chi connectivity index (χ3n) is 9.21. The Kier molecular flexibility index (Phi) is 6.04. The van der Waals surface area contributed by atoms with Crippen LogP contribution in [-0.2, 0) is 19.1 Å². The molecule has 0 aliphatic heterocycles. The molecule has 0 radical (unpaired) electrons. The van der Waals surface area contributed by atoms with Gasteiger partial charge in [-0.25, -0.2) is 0 Å². The maximum absolute atomic E-state index is 13.1. The van der Waals surface area contributed by atoms with Gasteiger partial charge >= 0.3 is 5.97 Å². The molecule has 170 valence electrons. The van der Waals surface area contributed by atoms with Crippen LogP contribution in [0.5, 0.6) is 0 Å². The normalized spacial score (nSPS) is 39.3. The monoisotopic (exact) mass is 426 g/mol. The fraction of sp³-hybridized carbons (Fsp3) is 0.741. The predicted octanol–water partition coefficient (Wildman–Crippen LogP) is 5.75. The summed E-state index contributed by atoms with van der Waals surface area (Å²) in [6, 6.07) is 0. The van der Waals surface area contributed by atoms with Gasteiger partial charge in [-0.2, -0.15) is 0 Å². The number of Topliss-reactive ketones (excluding diaryl/α,β-unsaturated/α-hetero) is 1. The summed E-state index contributed by atoms with van der Waals surface area (Å²) in [5, 5.41) is 0. The summed E-state index contributed by atoms with van der Waals surface area (Å²) in [5.74, 6) is 1.86. The fourth-order valence-corrected chi connectivity index (χ4v) is 7.78. The van der Waals surface area contributed by atoms with Crippen molar-refractivity contribution in [3.05, 3.63) is 23.8 Å². The number of hydrogen-bond donors (Lipinski definition) is 0. The van der Waals surface area contributed by atoms with Gasteiger partial charge in [-0.3, -0.25) is 14.4 Å². The smallest absolute Gasteiger partial charge is 0.307 e. The molecule has 31 heavy (non-hydrogen) atoms. The van der Waals surface area contributed by atoms with Gasteiger partial charge in [0, 0.05) is 18.3 Å². The van der Waals surface area contributed by atoms with E-state index in [-0.39, 0.29) is 23.0 Å². The number of hydrogen-bond acceptors (Lipinski definition) is 4. The lowest BCUT2D eigenvalue weighted by molar-refractivity contribution is -0.182. The number of unbranched alkanes of at least 4 members (excludes halogenated alkanes) is 2. The molecule has 4 rings (SSSR count). The van der Waals surface area contributed by atoms with Crippen LogP contribution in [0.2, 0.25) is 0 Å². The second-order valence-corrected chi connectivity index (χ2v) is 10.7. The first-order chi connectivity index (χ1) is 14.7. The Morgan fingerprint density at radius 3 is 2.65 bits per heavy atom. The quantitative estimate of drug-likeness (QED) is 0.308. The molecule has 4 heteroatoms. The summed E-state index contributed by atoms with van der Waals surface area (Å²) in [7, 11) is 0. The van der Waals surface area contributed by atoms with Crippen LogP contribution in [0.1, 0.15) is 91.4 Å². The molecule has 0 aromatic carbocycles. The standard InChI is InChI=1S/C27H38O4/c1-5-6-7-8-25(30)31-27(18(3)28)17(2)15-24-23-11-9-19-16-20(29)10-12-21(19)22(23)13-14-26(24,27)4/h16,21-24H,2,5-15H2,1,3-4H3/t21-,22+,23+,24-,26-,27+/m0/s1. The van der Waals surface area contributed by atoms with Gasteiger partial charge in [0.1, 0.15) is 0 Å².